The molecule has 4 unspecified atom stereocenters. The van der Waals surface area contributed by atoms with E-state index in [1.54, 1.807) is 18.2 Å². The molecule has 1 N–H and O–H groups in total. The highest BCUT2D eigenvalue weighted by molar-refractivity contribution is 7.84. The Kier molecular flexibility index (Phi) is 6.15. The largest absolute Gasteiger partial charge is 0.481 e. The van der Waals surface area contributed by atoms with E-state index in [0.717, 1.165) is 23.3 Å². The van der Waals surface area contributed by atoms with Gasteiger partial charge in [-0.1, -0.05) is 18.6 Å². The predicted molar refractivity (Wildman–Crippen MR) is 93.0 cm³/mol. The molecule has 2 rings (SSSR count). The van der Waals surface area contributed by atoms with Gasteiger partial charge in [0.25, 0.3) is 0 Å². The first-order valence-corrected chi connectivity index (χ1v) is 9.80. The first-order valence-electron chi connectivity index (χ1n) is 8.24. The number of carbonyl (C=O) groups is 2. The minimum Gasteiger partial charge on any atom is -0.481 e. The van der Waals surface area contributed by atoms with Crippen molar-refractivity contribution in [1.82, 2.24) is 4.90 Å². The van der Waals surface area contributed by atoms with Crippen LogP contribution in [-0.4, -0.2) is 39.4 Å². The molecule has 0 aliphatic heterocycles. The summed E-state index contributed by atoms with van der Waals surface area (Å²) < 4.78 is 11.5. The molecule has 24 heavy (non-hydrogen) atoms. The first kappa shape index (κ1) is 18.6. The Morgan fingerprint density at radius 2 is 1.79 bits per heavy atom. The van der Waals surface area contributed by atoms with Crippen molar-refractivity contribution in [2.24, 2.45) is 11.8 Å². The summed E-state index contributed by atoms with van der Waals surface area (Å²) in [6, 6.07) is 7.32. The van der Waals surface area contributed by atoms with Crippen LogP contribution in [0.15, 0.2) is 29.2 Å². The van der Waals surface area contributed by atoms with Gasteiger partial charge in [-0.15, -0.1) is 0 Å². The van der Waals surface area contributed by atoms with Crippen molar-refractivity contribution >= 4 is 22.7 Å². The fourth-order valence-electron chi connectivity index (χ4n) is 3.28. The van der Waals surface area contributed by atoms with E-state index in [2.05, 4.69) is 0 Å². The molecule has 0 spiro atoms. The molecule has 1 aliphatic carbocycles. The summed E-state index contributed by atoms with van der Waals surface area (Å²) in [4.78, 5) is 26.4. The van der Waals surface area contributed by atoms with Crippen LogP contribution in [0.2, 0.25) is 0 Å². The number of hydrogen-bond acceptors (Lipinski definition) is 3. The van der Waals surface area contributed by atoms with Crippen LogP contribution < -0.4 is 0 Å². The van der Waals surface area contributed by atoms with Crippen LogP contribution >= 0.6 is 0 Å². The molecule has 1 aliphatic rings. The number of amides is 1. The SMILES string of the molecule is CC(c1ccc(S(C)=O)cc1)N(C)C(=O)C1CCCC(C(=O)O)C1. The zero-order chi connectivity index (χ0) is 17.9. The number of carboxylic acids is 1. The van der Waals surface area contributed by atoms with E-state index in [1.165, 1.54) is 0 Å². The molecule has 0 heterocycles. The molecule has 0 aromatic heterocycles. The lowest BCUT2D eigenvalue weighted by molar-refractivity contribution is -0.145. The molecule has 0 radical (unpaired) electrons. The van der Waals surface area contributed by atoms with Crippen LogP contribution in [0.3, 0.4) is 0 Å². The van der Waals surface area contributed by atoms with Gasteiger partial charge in [0.1, 0.15) is 0 Å². The smallest absolute Gasteiger partial charge is 0.306 e. The van der Waals surface area contributed by atoms with Crippen LogP contribution in [0.25, 0.3) is 0 Å². The highest BCUT2D eigenvalue weighted by Crippen LogP contribution is 2.32. The highest BCUT2D eigenvalue weighted by atomic mass is 32.2. The average molecular weight is 351 g/mol. The van der Waals surface area contributed by atoms with Crippen molar-refractivity contribution < 1.29 is 18.9 Å². The minimum absolute atomic E-state index is 0.0107. The maximum atomic E-state index is 12.7. The molecule has 0 saturated heterocycles. The zero-order valence-electron chi connectivity index (χ0n) is 14.4. The molecule has 132 valence electrons. The second-order valence-corrected chi connectivity index (χ2v) is 7.93. The Balaban J connectivity index is 2.06. The van der Waals surface area contributed by atoms with Crippen LogP contribution in [0.1, 0.15) is 44.2 Å². The number of carbonyl (C=O) groups excluding carboxylic acids is 1. The molecule has 1 aromatic rings. The third-order valence-corrected chi connectivity index (χ3v) is 5.93. The third kappa shape index (κ3) is 4.23. The number of nitrogens with zero attached hydrogens (tertiary/aromatic N) is 1. The van der Waals surface area contributed by atoms with E-state index in [4.69, 9.17) is 0 Å². The second kappa shape index (κ2) is 7.92. The van der Waals surface area contributed by atoms with Gasteiger partial charge in [-0.2, -0.15) is 0 Å². The van der Waals surface area contributed by atoms with E-state index in [9.17, 15) is 18.9 Å². The Morgan fingerprint density at radius 1 is 1.21 bits per heavy atom. The third-order valence-electron chi connectivity index (χ3n) is 5.00. The maximum absolute atomic E-state index is 12.7. The van der Waals surface area contributed by atoms with Crippen LogP contribution in [0.5, 0.6) is 0 Å². The summed E-state index contributed by atoms with van der Waals surface area (Å²) >= 11 is 0. The lowest BCUT2D eigenvalue weighted by Crippen LogP contribution is -2.38. The van der Waals surface area contributed by atoms with Gasteiger partial charge in [0, 0.05) is 34.9 Å². The van der Waals surface area contributed by atoms with Gasteiger partial charge in [0.05, 0.1) is 12.0 Å². The zero-order valence-corrected chi connectivity index (χ0v) is 15.2. The van der Waals surface area contributed by atoms with Crippen molar-refractivity contribution in [3.63, 3.8) is 0 Å². The van der Waals surface area contributed by atoms with Crippen molar-refractivity contribution in [3.8, 4) is 0 Å². The van der Waals surface area contributed by atoms with E-state index in [-0.39, 0.29) is 17.9 Å². The molecule has 1 amide bonds. The molecule has 5 nitrogen and oxygen atoms in total. The van der Waals surface area contributed by atoms with Gasteiger partial charge in [-0.05, 0) is 43.9 Å². The van der Waals surface area contributed by atoms with Gasteiger partial charge in [-0.25, -0.2) is 0 Å². The lowest BCUT2D eigenvalue weighted by atomic mass is 9.80. The second-order valence-electron chi connectivity index (χ2n) is 6.55. The summed E-state index contributed by atoms with van der Waals surface area (Å²) in [5, 5.41) is 9.18. The van der Waals surface area contributed by atoms with Gasteiger partial charge >= 0.3 is 5.97 Å². The number of carboxylic acid groups (broad SMARTS) is 1. The number of rotatable bonds is 5. The summed E-state index contributed by atoms with van der Waals surface area (Å²) in [5.41, 5.74) is 0.977. The summed E-state index contributed by atoms with van der Waals surface area (Å²) in [7, 11) is 0.749. The van der Waals surface area contributed by atoms with E-state index < -0.39 is 22.7 Å². The Bertz CT molecular complexity index is 628. The Labute approximate surface area is 145 Å². The van der Waals surface area contributed by atoms with Crippen LogP contribution in [0.4, 0.5) is 0 Å². The van der Waals surface area contributed by atoms with Crippen molar-refractivity contribution in [2.75, 3.05) is 13.3 Å². The maximum Gasteiger partial charge on any atom is 0.306 e. The normalized spacial score (nSPS) is 23.3. The van der Waals surface area contributed by atoms with Gasteiger partial charge in [0.15, 0.2) is 0 Å². The molecule has 1 aromatic carbocycles. The molecule has 1 fully saturated rings. The van der Waals surface area contributed by atoms with Gasteiger partial charge in [-0.3, -0.25) is 13.8 Å². The molecule has 0 bridgehead atoms. The van der Waals surface area contributed by atoms with E-state index in [1.807, 2.05) is 31.2 Å². The number of hydrogen-bond donors (Lipinski definition) is 1. The summed E-state index contributed by atoms with van der Waals surface area (Å²) in [6.07, 6.45) is 4.27. The Hall–Kier alpha value is -1.69. The van der Waals surface area contributed by atoms with Crippen molar-refractivity contribution in [1.29, 1.82) is 0 Å². The summed E-state index contributed by atoms with van der Waals surface area (Å²) in [5.74, 6) is -1.41. The molecular formula is C18H25NO4S. The highest BCUT2D eigenvalue weighted by Gasteiger charge is 2.33. The van der Waals surface area contributed by atoms with Crippen molar-refractivity contribution in [2.45, 2.75) is 43.5 Å². The molecular weight excluding hydrogens is 326 g/mol. The molecule has 6 heteroatoms. The van der Waals surface area contributed by atoms with E-state index in [0.29, 0.717) is 12.8 Å². The minimum atomic E-state index is -1.02. The van der Waals surface area contributed by atoms with Crippen LogP contribution in [0, 0.1) is 11.8 Å². The quantitative estimate of drug-likeness (QED) is 0.885. The predicted octanol–water partition coefficient (Wildman–Crippen LogP) is 2.83. The first-order chi connectivity index (χ1) is 11.3. The van der Waals surface area contributed by atoms with E-state index >= 15 is 0 Å². The summed E-state index contributed by atoms with van der Waals surface area (Å²) in [6.45, 7) is 1.95. The van der Waals surface area contributed by atoms with Gasteiger partial charge < -0.3 is 10.0 Å². The fraction of sp³-hybridized carbons (Fsp3) is 0.556. The number of benzene rings is 1. The van der Waals surface area contributed by atoms with Crippen LogP contribution in [-0.2, 0) is 20.4 Å². The monoisotopic (exact) mass is 351 g/mol. The number of aliphatic carboxylic acids is 1. The van der Waals surface area contributed by atoms with Crippen molar-refractivity contribution in [3.05, 3.63) is 29.8 Å². The standard InChI is InChI=1S/C18H25NO4S/c1-12(13-7-9-16(10-8-13)24(3)23)19(2)17(20)14-5-4-6-15(11-14)18(21)22/h7-10,12,14-15H,4-6,11H2,1-3H3,(H,21,22). The average Bonchev–Trinajstić information content (AvgIpc) is 2.60. The lowest BCUT2D eigenvalue weighted by Gasteiger charge is -2.32. The fourth-order valence-corrected chi connectivity index (χ4v) is 3.80. The Morgan fingerprint density at radius 3 is 2.33 bits per heavy atom. The molecule has 1 saturated carbocycles. The molecule has 4 atom stereocenters. The topological polar surface area (TPSA) is 74.7 Å². The van der Waals surface area contributed by atoms with Gasteiger partial charge in [0.2, 0.25) is 5.91 Å².